The van der Waals surface area contributed by atoms with Gasteiger partial charge in [0.25, 0.3) is 5.91 Å². The van der Waals surface area contributed by atoms with E-state index in [0.29, 0.717) is 18.7 Å². The number of amides is 2. The number of hydrogen-bond donors (Lipinski definition) is 0. The maximum absolute atomic E-state index is 13.1. The van der Waals surface area contributed by atoms with Crippen molar-refractivity contribution in [3.8, 4) is 5.75 Å². The highest BCUT2D eigenvalue weighted by molar-refractivity contribution is 6.01. The van der Waals surface area contributed by atoms with Crippen LogP contribution in [0.1, 0.15) is 37.8 Å². The Balaban J connectivity index is 1.54. The molecule has 0 saturated heterocycles. The van der Waals surface area contributed by atoms with Gasteiger partial charge in [0.2, 0.25) is 5.91 Å². The molecule has 4 rings (SSSR count). The molecule has 2 heterocycles. The molecule has 2 aliphatic rings. The molecule has 0 aliphatic carbocycles. The highest BCUT2D eigenvalue weighted by atomic mass is 16.5. The van der Waals surface area contributed by atoms with Crippen molar-refractivity contribution < 1.29 is 14.3 Å². The lowest BCUT2D eigenvalue weighted by Gasteiger charge is -2.34. The Morgan fingerprint density at radius 1 is 1.18 bits per heavy atom. The van der Waals surface area contributed by atoms with Crippen molar-refractivity contribution in [2.24, 2.45) is 0 Å². The number of hydrogen-bond acceptors (Lipinski definition) is 3. The van der Waals surface area contributed by atoms with Gasteiger partial charge >= 0.3 is 0 Å². The smallest absolute Gasteiger partial charge is 0.267 e. The molecule has 0 bridgehead atoms. The number of ether oxygens (including phenoxy) is 1. The first-order valence-electron chi connectivity index (χ1n) is 10.1. The normalized spacial score (nSPS) is 18.4. The van der Waals surface area contributed by atoms with Crippen LogP contribution < -0.4 is 14.5 Å². The van der Waals surface area contributed by atoms with Crippen LogP contribution in [-0.2, 0) is 22.4 Å². The van der Waals surface area contributed by atoms with Gasteiger partial charge in [0.05, 0.1) is 5.69 Å². The molecular weight excluding hydrogens is 352 g/mol. The van der Waals surface area contributed by atoms with E-state index in [-0.39, 0.29) is 11.8 Å². The summed E-state index contributed by atoms with van der Waals surface area (Å²) >= 11 is 0. The minimum atomic E-state index is -0.535. The predicted octanol–water partition coefficient (Wildman–Crippen LogP) is 3.73. The van der Waals surface area contributed by atoms with Crippen molar-refractivity contribution in [2.75, 3.05) is 22.9 Å². The van der Waals surface area contributed by atoms with Crippen molar-refractivity contribution in [1.82, 2.24) is 0 Å². The number of para-hydroxylation sites is 3. The van der Waals surface area contributed by atoms with Crippen LogP contribution in [0.4, 0.5) is 11.4 Å². The first-order chi connectivity index (χ1) is 13.6. The molecule has 28 heavy (non-hydrogen) atoms. The monoisotopic (exact) mass is 378 g/mol. The van der Waals surface area contributed by atoms with E-state index in [1.165, 1.54) is 11.1 Å². The molecule has 0 saturated carbocycles. The number of nitrogens with zero attached hydrogens (tertiary/aromatic N) is 2. The fraction of sp³-hybridized carbons (Fsp3) is 0.391. The van der Waals surface area contributed by atoms with E-state index in [4.69, 9.17) is 4.74 Å². The first-order valence-corrected chi connectivity index (χ1v) is 10.1. The maximum atomic E-state index is 13.1. The zero-order valence-corrected chi connectivity index (χ0v) is 16.5. The second-order valence-corrected chi connectivity index (χ2v) is 7.40. The summed E-state index contributed by atoms with van der Waals surface area (Å²) in [5, 5.41) is 0. The SMILES string of the molecule is CCc1cccc2c1N(C(=O)CCN1C(=O)C(C)Oc3ccccc31)CCC2. The minimum absolute atomic E-state index is 0.0753. The van der Waals surface area contributed by atoms with Crippen LogP contribution >= 0.6 is 0 Å². The molecule has 0 N–H and O–H groups in total. The third kappa shape index (κ3) is 3.26. The number of carbonyl (C=O) groups is 2. The predicted molar refractivity (Wildman–Crippen MR) is 110 cm³/mol. The minimum Gasteiger partial charge on any atom is -0.479 e. The van der Waals surface area contributed by atoms with Crippen LogP contribution in [-0.4, -0.2) is 31.0 Å². The number of aryl methyl sites for hydroxylation is 2. The Morgan fingerprint density at radius 2 is 2.00 bits per heavy atom. The summed E-state index contributed by atoms with van der Waals surface area (Å²) in [5.74, 6) is 0.671. The number of fused-ring (bicyclic) bond motifs is 2. The fourth-order valence-electron chi connectivity index (χ4n) is 4.20. The molecule has 0 spiro atoms. The number of carbonyl (C=O) groups excluding carboxylic acids is 2. The van der Waals surface area contributed by atoms with Crippen molar-refractivity contribution in [2.45, 2.75) is 45.6 Å². The van der Waals surface area contributed by atoms with E-state index in [1.54, 1.807) is 11.8 Å². The highest BCUT2D eigenvalue weighted by Gasteiger charge is 2.32. The Morgan fingerprint density at radius 3 is 2.82 bits per heavy atom. The Bertz CT molecular complexity index is 894. The van der Waals surface area contributed by atoms with E-state index in [0.717, 1.165) is 37.2 Å². The molecular formula is C23H26N2O3. The lowest BCUT2D eigenvalue weighted by atomic mass is 9.96. The van der Waals surface area contributed by atoms with E-state index >= 15 is 0 Å². The summed E-state index contributed by atoms with van der Waals surface area (Å²) < 4.78 is 5.69. The molecule has 0 aromatic heterocycles. The van der Waals surface area contributed by atoms with Crippen molar-refractivity contribution in [3.05, 3.63) is 53.6 Å². The van der Waals surface area contributed by atoms with E-state index in [2.05, 4.69) is 25.1 Å². The Labute approximate surface area is 165 Å². The van der Waals surface area contributed by atoms with Gasteiger partial charge in [-0.3, -0.25) is 9.59 Å². The van der Waals surface area contributed by atoms with Crippen LogP contribution in [0, 0.1) is 0 Å². The van der Waals surface area contributed by atoms with Crippen LogP contribution in [0.2, 0.25) is 0 Å². The fourth-order valence-corrected chi connectivity index (χ4v) is 4.20. The Hall–Kier alpha value is -2.82. The molecule has 2 aliphatic heterocycles. The van der Waals surface area contributed by atoms with Gasteiger partial charge < -0.3 is 14.5 Å². The van der Waals surface area contributed by atoms with E-state index in [1.807, 2.05) is 29.2 Å². The van der Waals surface area contributed by atoms with Crippen molar-refractivity contribution >= 4 is 23.2 Å². The van der Waals surface area contributed by atoms with Gasteiger partial charge in [-0.2, -0.15) is 0 Å². The lowest BCUT2D eigenvalue weighted by Crippen LogP contribution is -2.46. The van der Waals surface area contributed by atoms with Gasteiger partial charge in [0, 0.05) is 25.2 Å². The second-order valence-electron chi connectivity index (χ2n) is 7.40. The molecule has 2 aromatic carbocycles. The van der Waals surface area contributed by atoms with Crippen molar-refractivity contribution in [1.29, 1.82) is 0 Å². The highest BCUT2D eigenvalue weighted by Crippen LogP contribution is 2.35. The quantitative estimate of drug-likeness (QED) is 0.814. The molecule has 1 unspecified atom stereocenters. The summed E-state index contributed by atoms with van der Waals surface area (Å²) in [5.41, 5.74) is 4.29. The zero-order valence-electron chi connectivity index (χ0n) is 16.5. The average molecular weight is 378 g/mol. The molecule has 2 aromatic rings. The first kappa shape index (κ1) is 18.5. The summed E-state index contributed by atoms with van der Waals surface area (Å²) in [6.07, 6.45) is 2.65. The standard InChI is InChI=1S/C23H26N2O3/c1-3-17-8-6-9-18-10-7-14-25(22(17)18)21(26)13-15-24-19-11-4-5-12-20(19)28-16(2)23(24)27/h4-6,8-9,11-12,16H,3,7,10,13-15H2,1-2H3. The summed E-state index contributed by atoms with van der Waals surface area (Å²) in [6.45, 7) is 4.98. The van der Waals surface area contributed by atoms with Gasteiger partial charge in [-0.05, 0) is 49.4 Å². The largest absolute Gasteiger partial charge is 0.479 e. The molecule has 5 heteroatoms. The average Bonchev–Trinajstić information content (AvgIpc) is 2.73. The number of benzene rings is 2. The zero-order chi connectivity index (χ0) is 19.7. The molecule has 5 nitrogen and oxygen atoms in total. The topological polar surface area (TPSA) is 49.9 Å². The molecule has 146 valence electrons. The molecule has 1 atom stereocenters. The maximum Gasteiger partial charge on any atom is 0.267 e. The molecule has 0 fully saturated rings. The second kappa shape index (κ2) is 7.66. The van der Waals surface area contributed by atoms with Crippen LogP contribution in [0.5, 0.6) is 5.75 Å². The van der Waals surface area contributed by atoms with Crippen molar-refractivity contribution in [3.63, 3.8) is 0 Å². The Kier molecular flexibility index (Phi) is 5.07. The van der Waals surface area contributed by atoms with Crippen LogP contribution in [0.3, 0.4) is 0 Å². The third-order valence-electron chi connectivity index (χ3n) is 5.61. The van der Waals surface area contributed by atoms with Gasteiger partial charge in [-0.1, -0.05) is 37.3 Å². The number of anilines is 2. The van der Waals surface area contributed by atoms with E-state index < -0.39 is 6.10 Å². The third-order valence-corrected chi connectivity index (χ3v) is 5.61. The summed E-state index contributed by atoms with van der Waals surface area (Å²) in [6, 6.07) is 13.8. The van der Waals surface area contributed by atoms with E-state index in [9.17, 15) is 9.59 Å². The van der Waals surface area contributed by atoms with Gasteiger partial charge in [-0.15, -0.1) is 0 Å². The molecule has 2 amide bonds. The van der Waals surface area contributed by atoms with Crippen LogP contribution in [0.25, 0.3) is 0 Å². The van der Waals surface area contributed by atoms with Gasteiger partial charge in [0.15, 0.2) is 6.10 Å². The van der Waals surface area contributed by atoms with Gasteiger partial charge in [-0.25, -0.2) is 0 Å². The molecule has 0 radical (unpaired) electrons. The number of rotatable bonds is 4. The van der Waals surface area contributed by atoms with Crippen LogP contribution in [0.15, 0.2) is 42.5 Å². The van der Waals surface area contributed by atoms with Gasteiger partial charge in [0.1, 0.15) is 5.75 Å². The summed E-state index contributed by atoms with van der Waals surface area (Å²) in [4.78, 5) is 29.4. The lowest BCUT2D eigenvalue weighted by molar-refractivity contribution is -0.125. The summed E-state index contributed by atoms with van der Waals surface area (Å²) in [7, 11) is 0.